The van der Waals surface area contributed by atoms with E-state index in [1.54, 1.807) is 0 Å². The number of esters is 1. The number of carbonyl (C=O) groups is 1. The van der Waals surface area contributed by atoms with Crippen LogP contribution in [-0.2, 0) is 22.1 Å². The average Bonchev–Trinajstić information content (AvgIpc) is 2.36. The summed E-state index contributed by atoms with van der Waals surface area (Å²) in [6.45, 7) is 1.50. The van der Waals surface area contributed by atoms with E-state index in [-0.39, 0.29) is 12.7 Å². The lowest BCUT2D eigenvalue weighted by Crippen LogP contribution is -2.16. The highest BCUT2D eigenvalue weighted by molar-refractivity contribution is 5.73. The van der Waals surface area contributed by atoms with Crippen molar-refractivity contribution in [2.45, 2.75) is 25.9 Å². The Hall–Kier alpha value is -1.93. The van der Waals surface area contributed by atoms with Crippen molar-refractivity contribution >= 4 is 5.97 Å². The molecule has 0 amide bonds. The van der Waals surface area contributed by atoms with Gasteiger partial charge < -0.3 is 9.47 Å². The highest BCUT2D eigenvalue weighted by atomic mass is 19.4. The third-order valence-electron chi connectivity index (χ3n) is 2.42. The standard InChI is InChI=1S/C12H12F5NO3/c1-3-21-9(19)5-7-10(20-2)6(11(13)14)4-8(18-7)12(15,16)17/h4,11H,3,5H2,1-2H3. The molecule has 0 unspecified atom stereocenters. The molecule has 0 atom stereocenters. The minimum atomic E-state index is -4.92. The molecular weight excluding hydrogens is 301 g/mol. The number of pyridine rings is 1. The number of nitrogens with zero attached hydrogens (tertiary/aromatic N) is 1. The van der Waals surface area contributed by atoms with Gasteiger partial charge in [0.25, 0.3) is 6.43 Å². The van der Waals surface area contributed by atoms with Crippen molar-refractivity contribution in [1.82, 2.24) is 4.98 Å². The van der Waals surface area contributed by atoms with Crippen LogP contribution in [0.25, 0.3) is 0 Å². The first-order valence-electron chi connectivity index (χ1n) is 5.79. The van der Waals surface area contributed by atoms with E-state index in [9.17, 15) is 26.7 Å². The number of ether oxygens (including phenoxy) is 2. The van der Waals surface area contributed by atoms with Gasteiger partial charge in [0, 0.05) is 0 Å². The molecule has 21 heavy (non-hydrogen) atoms. The molecule has 0 N–H and O–H groups in total. The molecule has 0 radical (unpaired) electrons. The molecule has 0 spiro atoms. The van der Waals surface area contributed by atoms with E-state index in [2.05, 4.69) is 14.5 Å². The van der Waals surface area contributed by atoms with Crippen molar-refractivity contribution in [2.75, 3.05) is 13.7 Å². The molecule has 0 aliphatic heterocycles. The van der Waals surface area contributed by atoms with Crippen molar-refractivity contribution in [3.8, 4) is 5.75 Å². The number of halogens is 5. The number of alkyl halides is 5. The number of methoxy groups -OCH3 is 1. The van der Waals surface area contributed by atoms with Gasteiger partial charge in [-0.25, -0.2) is 13.8 Å². The summed E-state index contributed by atoms with van der Waals surface area (Å²) in [6.07, 6.45) is -8.81. The first-order valence-corrected chi connectivity index (χ1v) is 5.79. The van der Waals surface area contributed by atoms with Crippen LogP contribution in [0.5, 0.6) is 5.75 Å². The summed E-state index contributed by atoms with van der Waals surface area (Å²) < 4.78 is 73.0. The van der Waals surface area contributed by atoms with Gasteiger partial charge in [-0.15, -0.1) is 0 Å². The second-order valence-electron chi connectivity index (χ2n) is 3.86. The number of hydrogen-bond donors (Lipinski definition) is 0. The van der Waals surface area contributed by atoms with E-state index in [0.717, 1.165) is 7.11 Å². The average molecular weight is 313 g/mol. The summed E-state index contributed by atoms with van der Waals surface area (Å²) >= 11 is 0. The van der Waals surface area contributed by atoms with Gasteiger partial charge in [0.2, 0.25) is 0 Å². The van der Waals surface area contributed by atoms with Crippen LogP contribution in [0, 0.1) is 0 Å². The van der Waals surface area contributed by atoms with E-state index >= 15 is 0 Å². The van der Waals surface area contributed by atoms with Gasteiger partial charge in [0.05, 0.1) is 31.4 Å². The molecular formula is C12H12F5NO3. The Balaban J connectivity index is 3.37. The summed E-state index contributed by atoms with van der Waals surface area (Å²) in [6, 6.07) is 0.207. The zero-order valence-corrected chi connectivity index (χ0v) is 11.1. The zero-order valence-electron chi connectivity index (χ0n) is 11.1. The number of carbonyl (C=O) groups excluding carboxylic acids is 1. The van der Waals surface area contributed by atoms with Gasteiger partial charge in [-0.3, -0.25) is 4.79 Å². The minimum Gasteiger partial charge on any atom is -0.494 e. The van der Waals surface area contributed by atoms with Gasteiger partial charge in [-0.2, -0.15) is 13.2 Å². The van der Waals surface area contributed by atoms with Gasteiger partial charge >= 0.3 is 12.1 Å². The molecule has 1 rings (SSSR count). The Morgan fingerprint density at radius 3 is 2.43 bits per heavy atom. The Morgan fingerprint density at radius 1 is 1.38 bits per heavy atom. The van der Waals surface area contributed by atoms with Crippen molar-refractivity contribution in [2.24, 2.45) is 0 Å². The van der Waals surface area contributed by atoms with Crippen LogP contribution in [0.3, 0.4) is 0 Å². The summed E-state index contributed by atoms with van der Waals surface area (Å²) in [5, 5.41) is 0. The Kier molecular flexibility index (Phi) is 5.45. The number of aromatic nitrogens is 1. The molecule has 1 aromatic rings. The quantitative estimate of drug-likeness (QED) is 0.619. The summed E-state index contributed by atoms with van der Waals surface area (Å²) in [5.41, 5.74) is -3.03. The van der Waals surface area contributed by atoms with Crippen molar-refractivity contribution in [1.29, 1.82) is 0 Å². The lowest BCUT2D eigenvalue weighted by molar-refractivity contribution is -0.144. The van der Waals surface area contributed by atoms with E-state index in [4.69, 9.17) is 0 Å². The Morgan fingerprint density at radius 2 is 2.00 bits per heavy atom. The fraction of sp³-hybridized carbons (Fsp3) is 0.500. The lowest BCUT2D eigenvalue weighted by atomic mass is 10.1. The van der Waals surface area contributed by atoms with Crippen LogP contribution < -0.4 is 4.74 Å². The molecule has 0 saturated carbocycles. The third-order valence-corrected chi connectivity index (χ3v) is 2.42. The monoisotopic (exact) mass is 313 g/mol. The summed E-state index contributed by atoms with van der Waals surface area (Å²) in [7, 11) is 1.00. The summed E-state index contributed by atoms with van der Waals surface area (Å²) in [4.78, 5) is 14.5. The summed E-state index contributed by atoms with van der Waals surface area (Å²) in [5.74, 6) is -1.44. The maximum atomic E-state index is 12.9. The predicted molar refractivity (Wildman–Crippen MR) is 61.1 cm³/mol. The van der Waals surface area contributed by atoms with E-state index in [0.29, 0.717) is 0 Å². The SMILES string of the molecule is CCOC(=O)Cc1nc(C(F)(F)F)cc(C(F)F)c1OC. The van der Waals surface area contributed by atoms with Crippen LogP contribution >= 0.6 is 0 Å². The molecule has 0 fully saturated rings. The van der Waals surface area contributed by atoms with Gasteiger partial charge in [-0.05, 0) is 13.0 Å². The first-order chi connectivity index (χ1) is 9.70. The Bertz CT molecular complexity index is 516. The topological polar surface area (TPSA) is 48.4 Å². The number of hydrogen-bond acceptors (Lipinski definition) is 4. The smallest absolute Gasteiger partial charge is 0.433 e. The van der Waals surface area contributed by atoms with Gasteiger partial charge in [0.15, 0.2) is 0 Å². The normalized spacial score (nSPS) is 11.6. The zero-order chi connectivity index (χ0) is 16.2. The van der Waals surface area contributed by atoms with E-state index in [1.165, 1.54) is 6.92 Å². The fourth-order valence-corrected chi connectivity index (χ4v) is 1.62. The molecule has 0 aromatic carbocycles. The minimum absolute atomic E-state index is 0.00180. The van der Waals surface area contributed by atoms with Crippen LogP contribution in [-0.4, -0.2) is 24.7 Å². The van der Waals surface area contributed by atoms with Crippen molar-refractivity contribution in [3.63, 3.8) is 0 Å². The van der Waals surface area contributed by atoms with E-state index < -0.39 is 47.7 Å². The molecule has 9 heteroatoms. The number of rotatable bonds is 5. The third kappa shape index (κ3) is 4.27. The second kappa shape index (κ2) is 6.68. The molecule has 118 valence electrons. The van der Waals surface area contributed by atoms with Crippen molar-refractivity contribution < 1.29 is 36.2 Å². The van der Waals surface area contributed by atoms with Crippen LogP contribution in [0.1, 0.15) is 30.3 Å². The first kappa shape index (κ1) is 17.1. The van der Waals surface area contributed by atoms with Crippen LogP contribution in [0.2, 0.25) is 0 Å². The fourth-order valence-electron chi connectivity index (χ4n) is 1.62. The Labute approximate surface area is 116 Å². The van der Waals surface area contributed by atoms with Crippen LogP contribution in [0.4, 0.5) is 22.0 Å². The molecule has 1 aromatic heterocycles. The largest absolute Gasteiger partial charge is 0.494 e. The maximum absolute atomic E-state index is 12.9. The molecule has 0 bridgehead atoms. The molecule has 4 nitrogen and oxygen atoms in total. The van der Waals surface area contributed by atoms with Crippen molar-refractivity contribution in [3.05, 3.63) is 23.0 Å². The highest BCUT2D eigenvalue weighted by Crippen LogP contribution is 2.37. The molecule has 1 heterocycles. The second-order valence-corrected chi connectivity index (χ2v) is 3.86. The lowest BCUT2D eigenvalue weighted by Gasteiger charge is -2.15. The van der Waals surface area contributed by atoms with E-state index in [1.807, 2.05) is 0 Å². The maximum Gasteiger partial charge on any atom is 0.433 e. The molecule has 0 saturated heterocycles. The predicted octanol–water partition coefficient (Wildman–Crippen LogP) is 3.15. The molecule has 0 aliphatic carbocycles. The molecule has 0 aliphatic rings. The highest BCUT2D eigenvalue weighted by Gasteiger charge is 2.36. The van der Waals surface area contributed by atoms with Gasteiger partial charge in [0.1, 0.15) is 11.4 Å². The van der Waals surface area contributed by atoms with Crippen LogP contribution in [0.15, 0.2) is 6.07 Å². The van der Waals surface area contributed by atoms with Gasteiger partial charge in [-0.1, -0.05) is 0 Å².